The van der Waals surface area contributed by atoms with Gasteiger partial charge >= 0.3 is 0 Å². The fourth-order valence-electron chi connectivity index (χ4n) is 2.40. The van der Waals surface area contributed by atoms with E-state index in [2.05, 4.69) is 0 Å². The first-order valence-corrected chi connectivity index (χ1v) is 6.73. The van der Waals surface area contributed by atoms with Gasteiger partial charge in [0.05, 0.1) is 0 Å². The first kappa shape index (κ1) is 14.9. The minimum absolute atomic E-state index is 0.0965. The van der Waals surface area contributed by atoms with E-state index >= 15 is 0 Å². The Balaban J connectivity index is 2.56. The zero-order valence-corrected chi connectivity index (χ0v) is 12.3. The van der Waals surface area contributed by atoms with Crippen molar-refractivity contribution in [2.24, 2.45) is 0 Å². The monoisotopic (exact) mass is 283 g/mol. The van der Waals surface area contributed by atoms with E-state index in [4.69, 9.17) is 0 Å². The molecule has 21 heavy (non-hydrogen) atoms. The van der Waals surface area contributed by atoms with Gasteiger partial charge in [-0.15, -0.1) is 0 Å². The number of hydrogen-bond donors (Lipinski definition) is 0. The predicted molar refractivity (Wildman–Crippen MR) is 81.2 cm³/mol. The predicted octanol–water partition coefficient (Wildman–Crippen LogP) is 3.62. The van der Waals surface area contributed by atoms with Gasteiger partial charge in [-0.2, -0.15) is 0 Å². The van der Waals surface area contributed by atoms with Crippen LogP contribution in [-0.4, -0.2) is 10.7 Å². The summed E-state index contributed by atoms with van der Waals surface area (Å²) in [5, 5.41) is 10.8. The highest BCUT2D eigenvalue weighted by atomic mass is 16.6. The zero-order chi connectivity index (χ0) is 15.6. The Kier molecular flexibility index (Phi) is 4.17. The average molecular weight is 283 g/mol. The molecule has 108 valence electrons. The van der Waals surface area contributed by atoms with Crippen molar-refractivity contribution in [1.82, 2.24) is 0 Å². The molecular weight excluding hydrogens is 266 g/mol. The lowest BCUT2D eigenvalue weighted by molar-refractivity contribution is -0.496. The minimum atomic E-state index is -0.367. The summed E-state index contributed by atoms with van der Waals surface area (Å²) >= 11 is 0. The highest BCUT2D eigenvalue weighted by Crippen LogP contribution is 2.24. The molecule has 0 bridgehead atoms. The molecule has 0 saturated carbocycles. The van der Waals surface area contributed by atoms with Crippen LogP contribution in [0.1, 0.15) is 38.2 Å². The van der Waals surface area contributed by atoms with Crippen molar-refractivity contribution in [3.63, 3.8) is 0 Å². The number of nitrogens with zero attached hydrogens (tertiary/aromatic N) is 1. The van der Waals surface area contributed by atoms with Gasteiger partial charge in [0.1, 0.15) is 0 Å². The van der Waals surface area contributed by atoms with Crippen molar-refractivity contribution < 1.29 is 9.72 Å². The van der Waals surface area contributed by atoms with Gasteiger partial charge in [-0.05, 0) is 43.5 Å². The second kappa shape index (κ2) is 5.87. The largest absolute Gasteiger partial charge is 0.289 e. The van der Waals surface area contributed by atoms with Gasteiger partial charge in [0.15, 0.2) is 5.78 Å². The molecule has 0 fully saturated rings. The molecule has 0 aliphatic rings. The van der Waals surface area contributed by atoms with E-state index in [1.54, 1.807) is 18.2 Å². The average Bonchev–Trinajstić information content (AvgIpc) is 2.47. The first-order valence-electron chi connectivity index (χ1n) is 6.73. The van der Waals surface area contributed by atoms with E-state index in [1.165, 1.54) is 0 Å². The van der Waals surface area contributed by atoms with Crippen molar-refractivity contribution in [1.29, 1.82) is 0 Å². The van der Waals surface area contributed by atoms with Gasteiger partial charge in [0.2, 0.25) is 6.54 Å². The van der Waals surface area contributed by atoms with E-state index in [1.807, 2.05) is 39.0 Å². The van der Waals surface area contributed by atoms with E-state index in [9.17, 15) is 14.9 Å². The van der Waals surface area contributed by atoms with Crippen LogP contribution in [0.5, 0.6) is 0 Å². The third-order valence-corrected chi connectivity index (χ3v) is 3.91. The summed E-state index contributed by atoms with van der Waals surface area (Å²) in [6.45, 7) is 5.38. The number of hydrogen-bond acceptors (Lipinski definition) is 3. The van der Waals surface area contributed by atoms with E-state index < -0.39 is 0 Å². The molecule has 2 aromatic rings. The molecule has 2 rings (SSSR count). The molecule has 2 aromatic carbocycles. The molecule has 0 radical (unpaired) electrons. The number of carbonyl (C=O) groups excluding carboxylic acids is 1. The van der Waals surface area contributed by atoms with Crippen LogP contribution < -0.4 is 0 Å². The van der Waals surface area contributed by atoms with Gasteiger partial charge < -0.3 is 0 Å². The standard InChI is InChI=1S/C17H17NO3/c1-11-12(2)15(10-18(20)21)9-16(13(11)3)17(19)14-7-5-4-6-8-14/h4-9H,10H2,1-3H3. The Hall–Kier alpha value is -2.49. The Morgan fingerprint density at radius 1 is 1.05 bits per heavy atom. The second-order valence-corrected chi connectivity index (χ2v) is 5.14. The third kappa shape index (κ3) is 2.99. The van der Waals surface area contributed by atoms with Crippen LogP contribution in [0.3, 0.4) is 0 Å². The van der Waals surface area contributed by atoms with Crippen molar-refractivity contribution in [3.05, 3.63) is 79.9 Å². The molecule has 4 nitrogen and oxygen atoms in total. The quantitative estimate of drug-likeness (QED) is 0.489. The van der Waals surface area contributed by atoms with Gasteiger partial charge in [-0.1, -0.05) is 30.3 Å². The molecule has 0 saturated heterocycles. The summed E-state index contributed by atoms with van der Waals surface area (Å²) in [4.78, 5) is 23.0. The molecule has 0 heterocycles. The van der Waals surface area contributed by atoms with Crippen molar-refractivity contribution >= 4 is 5.78 Å². The van der Waals surface area contributed by atoms with Crippen molar-refractivity contribution in [2.45, 2.75) is 27.3 Å². The smallest absolute Gasteiger partial charge is 0.229 e. The molecule has 0 aromatic heterocycles. The van der Waals surface area contributed by atoms with E-state index in [0.717, 1.165) is 16.7 Å². The minimum Gasteiger partial charge on any atom is -0.289 e. The maximum atomic E-state index is 12.6. The Labute approximate surface area is 123 Å². The SMILES string of the molecule is Cc1c(C[N+](=O)[O-])cc(C(=O)c2ccccc2)c(C)c1C. The maximum absolute atomic E-state index is 12.6. The summed E-state index contributed by atoms with van der Waals surface area (Å²) in [6, 6.07) is 10.6. The lowest BCUT2D eigenvalue weighted by Gasteiger charge is -2.14. The van der Waals surface area contributed by atoms with Crippen LogP contribution in [0.4, 0.5) is 0 Å². The Morgan fingerprint density at radius 3 is 2.24 bits per heavy atom. The first-order chi connectivity index (χ1) is 9.91. The molecule has 0 N–H and O–H groups in total. The summed E-state index contributed by atoms with van der Waals surface area (Å²) in [5.41, 5.74) is 4.44. The molecule has 0 aliphatic heterocycles. The van der Waals surface area contributed by atoms with Crippen LogP contribution in [0.25, 0.3) is 0 Å². The zero-order valence-electron chi connectivity index (χ0n) is 12.3. The molecule has 0 amide bonds. The number of carbonyl (C=O) groups is 1. The fraction of sp³-hybridized carbons (Fsp3) is 0.235. The Morgan fingerprint density at radius 2 is 1.67 bits per heavy atom. The van der Waals surface area contributed by atoms with Gasteiger partial charge in [-0.25, -0.2) is 0 Å². The van der Waals surface area contributed by atoms with Gasteiger partial charge in [-0.3, -0.25) is 14.9 Å². The summed E-state index contributed by atoms with van der Waals surface area (Å²) in [5.74, 6) is -0.0965. The molecule has 0 atom stereocenters. The molecule has 0 unspecified atom stereocenters. The lowest BCUT2D eigenvalue weighted by Crippen LogP contribution is -2.10. The van der Waals surface area contributed by atoms with Crippen LogP contribution >= 0.6 is 0 Å². The fourth-order valence-corrected chi connectivity index (χ4v) is 2.40. The summed E-state index contributed by atoms with van der Waals surface area (Å²) in [6.07, 6.45) is 0. The number of ketones is 1. The van der Waals surface area contributed by atoms with E-state index in [-0.39, 0.29) is 17.3 Å². The molecule has 0 aliphatic carbocycles. The number of nitro groups is 1. The number of rotatable bonds is 4. The topological polar surface area (TPSA) is 60.2 Å². The second-order valence-electron chi connectivity index (χ2n) is 5.14. The Bertz CT molecular complexity index is 706. The van der Waals surface area contributed by atoms with Gasteiger partial charge in [0, 0.05) is 21.6 Å². The molecule has 4 heteroatoms. The molecular formula is C17H17NO3. The van der Waals surface area contributed by atoms with E-state index in [0.29, 0.717) is 16.7 Å². The summed E-state index contributed by atoms with van der Waals surface area (Å²) in [7, 11) is 0. The van der Waals surface area contributed by atoms with Gasteiger partial charge in [0.25, 0.3) is 0 Å². The van der Waals surface area contributed by atoms with Crippen LogP contribution in [0.2, 0.25) is 0 Å². The maximum Gasteiger partial charge on any atom is 0.229 e. The van der Waals surface area contributed by atoms with Crippen LogP contribution in [-0.2, 0) is 6.54 Å². The van der Waals surface area contributed by atoms with Crippen LogP contribution in [0.15, 0.2) is 36.4 Å². The lowest BCUT2D eigenvalue weighted by atomic mass is 9.90. The highest BCUT2D eigenvalue weighted by molar-refractivity contribution is 6.10. The van der Waals surface area contributed by atoms with Crippen molar-refractivity contribution in [3.8, 4) is 0 Å². The van der Waals surface area contributed by atoms with Crippen LogP contribution in [0, 0.1) is 30.9 Å². The number of benzene rings is 2. The normalized spacial score (nSPS) is 10.4. The molecule has 0 spiro atoms. The van der Waals surface area contributed by atoms with Crippen molar-refractivity contribution in [2.75, 3.05) is 0 Å². The third-order valence-electron chi connectivity index (χ3n) is 3.91. The highest BCUT2D eigenvalue weighted by Gasteiger charge is 2.18. The summed E-state index contributed by atoms with van der Waals surface area (Å²) < 4.78 is 0.